The van der Waals surface area contributed by atoms with Crippen LogP contribution in [0.3, 0.4) is 0 Å². The van der Waals surface area contributed by atoms with Gasteiger partial charge in [-0.05, 0) is 0 Å². The average molecular weight is 174 g/mol. The lowest BCUT2D eigenvalue weighted by molar-refractivity contribution is -0.118. The van der Waals surface area contributed by atoms with Crippen molar-refractivity contribution in [1.82, 2.24) is 5.73 Å². The van der Waals surface area contributed by atoms with Crippen LogP contribution < -0.4 is 5.73 Å². The third-order valence-corrected chi connectivity index (χ3v) is 1.91. The second-order valence-corrected chi connectivity index (χ2v) is 2.85. The molecule has 1 N–H and O–H groups in total. The zero-order valence-electron chi connectivity index (χ0n) is 6.91. The Hall–Kier alpha value is -1.77. The van der Waals surface area contributed by atoms with Gasteiger partial charge in [0.25, 0.3) is 0 Å². The summed E-state index contributed by atoms with van der Waals surface area (Å²) in [4.78, 5) is 10.6. The van der Waals surface area contributed by atoms with Gasteiger partial charge < -0.3 is 4.42 Å². The van der Waals surface area contributed by atoms with Crippen molar-refractivity contribution in [3.8, 4) is 0 Å². The van der Waals surface area contributed by atoms with Crippen LogP contribution in [0.4, 0.5) is 0 Å². The Morgan fingerprint density at radius 3 is 2.92 bits per heavy atom. The number of carbonyl (C=O) groups is 1. The minimum Gasteiger partial charge on any atom is -0.468 e. The molecule has 1 aromatic carbocycles. The van der Waals surface area contributed by atoms with Crippen molar-refractivity contribution in [1.29, 1.82) is 0 Å². The molecule has 0 atom stereocenters. The highest BCUT2D eigenvalue weighted by Crippen LogP contribution is 2.20. The lowest BCUT2D eigenvalue weighted by Crippen LogP contribution is -2.01. The standard InChI is InChI=1S/C10H8NO2/c11-10(12)5-9-8-4-2-1-3-7(8)6-13-9/h1-4,6,11H,5H2. The van der Waals surface area contributed by atoms with Crippen LogP contribution in [0.2, 0.25) is 0 Å². The van der Waals surface area contributed by atoms with Gasteiger partial charge in [-0.15, -0.1) is 0 Å². The van der Waals surface area contributed by atoms with E-state index < -0.39 is 5.91 Å². The van der Waals surface area contributed by atoms with E-state index in [4.69, 9.17) is 10.2 Å². The Bertz CT molecular complexity index is 445. The number of carbonyl (C=O) groups excluding carboxylic acids is 1. The van der Waals surface area contributed by atoms with Crippen LogP contribution in [0.15, 0.2) is 34.9 Å². The number of benzene rings is 1. The third-order valence-electron chi connectivity index (χ3n) is 1.91. The topological polar surface area (TPSA) is 54.0 Å². The Morgan fingerprint density at radius 2 is 2.15 bits per heavy atom. The number of nitrogens with one attached hydrogen (secondary N) is 1. The number of fused-ring (bicyclic) bond motifs is 1. The van der Waals surface area contributed by atoms with E-state index in [1.807, 2.05) is 24.3 Å². The molecule has 65 valence electrons. The summed E-state index contributed by atoms with van der Waals surface area (Å²) in [5, 5.41) is 1.89. The fourth-order valence-corrected chi connectivity index (χ4v) is 1.33. The maximum Gasteiger partial charge on any atom is 0.246 e. The van der Waals surface area contributed by atoms with Crippen molar-refractivity contribution >= 4 is 16.7 Å². The van der Waals surface area contributed by atoms with Crippen LogP contribution in [0.5, 0.6) is 0 Å². The molecule has 0 spiro atoms. The molecule has 0 aliphatic rings. The van der Waals surface area contributed by atoms with Crippen LogP contribution in [0.25, 0.3) is 10.8 Å². The molecule has 0 saturated carbocycles. The van der Waals surface area contributed by atoms with Crippen molar-refractivity contribution < 1.29 is 9.21 Å². The van der Waals surface area contributed by atoms with E-state index in [1.54, 1.807) is 6.26 Å². The first-order chi connectivity index (χ1) is 6.27. The lowest BCUT2D eigenvalue weighted by atomic mass is 10.1. The van der Waals surface area contributed by atoms with Gasteiger partial charge in [0.1, 0.15) is 5.76 Å². The molecule has 0 unspecified atom stereocenters. The number of rotatable bonds is 2. The summed E-state index contributed by atoms with van der Waals surface area (Å²) in [5.74, 6) is -0.0456. The summed E-state index contributed by atoms with van der Waals surface area (Å²) in [6, 6.07) is 7.59. The normalized spacial score (nSPS) is 10.5. The highest BCUT2D eigenvalue weighted by Gasteiger charge is 2.07. The number of amides is 1. The molecule has 1 amide bonds. The highest BCUT2D eigenvalue weighted by atomic mass is 16.3. The summed E-state index contributed by atoms with van der Waals surface area (Å²) < 4.78 is 5.19. The fourth-order valence-electron chi connectivity index (χ4n) is 1.33. The maximum absolute atomic E-state index is 10.6. The van der Waals surface area contributed by atoms with E-state index in [9.17, 15) is 4.79 Å². The number of hydrogen-bond acceptors (Lipinski definition) is 2. The first kappa shape index (κ1) is 7.86. The van der Waals surface area contributed by atoms with Crippen LogP contribution in [0, 0.1) is 0 Å². The van der Waals surface area contributed by atoms with Crippen LogP contribution in [-0.2, 0) is 11.2 Å². The monoisotopic (exact) mass is 174 g/mol. The molecule has 0 saturated heterocycles. The van der Waals surface area contributed by atoms with Gasteiger partial charge in [0, 0.05) is 10.8 Å². The maximum atomic E-state index is 10.6. The van der Waals surface area contributed by atoms with Gasteiger partial charge in [0.05, 0.1) is 12.7 Å². The molecular formula is C10H8NO2. The van der Waals surface area contributed by atoms with E-state index in [-0.39, 0.29) is 6.42 Å². The first-order valence-corrected chi connectivity index (χ1v) is 3.97. The van der Waals surface area contributed by atoms with E-state index in [1.165, 1.54) is 0 Å². The van der Waals surface area contributed by atoms with Gasteiger partial charge in [-0.25, -0.2) is 0 Å². The second-order valence-electron chi connectivity index (χ2n) is 2.85. The fraction of sp³-hybridized carbons (Fsp3) is 0.100. The lowest BCUT2D eigenvalue weighted by Gasteiger charge is -1.91. The minimum atomic E-state index is -0.625. The van der Waals surface area contributed by atoms with Gasteiger partial charge in [-0.2, -0.15) is 0 Å². The minimum absolute atomic E-state index is 0.0491. The molecule has 3 heteroatoms. The number of furan rings is 1. The van der Waals surface area contributed by atoms with Crippen molar-refractivity contribution in [2.45, 2.75) is 6.42 Å². The second kappa shape index (κ2) is 2.94. The first-order valence-electron chi connectivity index (χ1n) is 3.97. The quantitative estimate of drug-likeness (QED) is 0.696. The third kappa shape index (κ3) is 1.40. The largest absolute Gasteiger partial charge is 0.468 e. The van der Waals surface area contributed by atoms with Gasteiger partial charge in [0.15, 0.2) is 0 Å². The van der Waals surface area contributed by atoms with Crippen LogP contribution in [0.1, 0.15) is 5.76 Å². The number of hydrogen-bond donors (Lipinski definition) is 0. The molecule has 1 heterocycles. The Morgan fingerprint density at radius 1 is 1.38 bits per heavy atom. The SMILES string of the molecule is [NH]C(=O)Cc1occ2ccccc12. The van der Waals surface area contributed by atoms with Crippen molar-refractivity contribution in [2.24, 2.45) is 0 Å². The van der Waals surface area contributed by atoms with Crippen molar-refractivity contribution in [3.63, 3.8) is 0 Å². The van der Waals surface area contributed by atoms with Gasteiger partial charge in [-0.3, -0.25) is 10.5 Å². The molecule has 3 nitrogen and oxygen atoms in total. The van der Waals surface area contributed by atoms with Crippen LogP contribution in [-0.4, -0.2) is 5.91 Å². The zero-order chi connectivity index (χ0) is 9.26. The molecule has 2 rings (SSSR count). The van der Waals surface area contributed by atoms with E-state index in [0.29, 0.717) is 5.76 Å². The molecule has 2 aromatic rings. The summed E-state index contributed by atoms with van der Waals surface area (Å²) in [6.07, 6.45) is 1.65. The summed E-state index contributed by atoms with van der Waals surface area (Å²) in [7, 11) is 0. The molecular weight excluding hydrogens is 166 g/mol. The molecule has 0 aliphatic carbocycles. The zero-order valence-corrected chi connectivity index (χ0v) is 6.91. The molecule has 13 heavy (non-hydrogen) atoms. The molecule has 1 radical (unpaired) electrons. The Balaban J connectivity index is 2.51. The Labute approximate surface area is 75.1 Å². The van der Waals surface area contributed by atoms with Crippen molar-refractivity contribution in [2.75, 3.05) is 0 Å². The predicted octanol–water partition coefficient (Wildman–Crippen LogP) is 1.78. The van der Waals surface area contributed by atoms with Crippen LogP contribution >= 0.6 is 0 Å². The van der Waals surface area contributed by atoms with Crippen molar-refractivity contribution in [3.05, 3.63) is 36.3 Å². The molecule has 0 fully saturated rings. The molecule has 0 bridgehead atoms. The average Bonchev–Trinajstić information content (AvgIpc) is 2.48. The summed E-state index contributed by atoms with van der Waals surface area (Å²) in [5.41, 5.74) is 6.83. The van der Waals surface area contributed by atoms with Gasteiger partial charge >= 0.3 is 0 Å². The van der Waals surface area contributed by atoms with E-state index >= 15 is 0 Å². The van der Waals surface area contributed by atoms with E-state index in [0.717, 1.165) is 10.8 Å². The van der Waals surface area contributed by atoms with Gasteiger partial charge in [0.2, 0.25) is 5.91 Å². The summed E-state index contributed by atoms with van der Waals surface area (Å²) in [6.45, 7) is 0. The van der Waals surface area contributed by atoms with E-state index in [2.05, 4.69) is 0 Å². The summed E-state index contributed by atoms with van der Waals surface area (Å²) >= 11 is 0. The smallest absolute Gasteiger partial charge is 0.246 e. The molecule has 0 aliphatic heterocycles. The highest BCUT2D eigenvalue weighted by molar-refractivity contribution is 5.87. The predicted molar refractivity (Wildman–Crippen MR) is 48.0 cm³/mol. The molecule has 1 aromatic heterocycles. The van der Waals surface area contributed by atoms with Gasteiger partial charge in [-0.1, -0.05) is 24.3 Å². The Kier molecular flexibility index (Phi) is 1.77.